The molecule has 0 fully saturated rings. The van der Waals surface area contributed by atoms with Gasteiger partial charge in [-0.25, -0.2) is 0 Å². The number of aryl methyl sites for hydroxylation is 1. The molecule has 0 bridgehead atoms. The number of aliphatic hydroxyl groups is 2. The molecule has 0 heterocycles. The normalized spacial score (nSPS) is 11.3. The predicted octanol–water partition coefficient (Wildman–Crippen LogP) is 5.16. The van der Waals surface area contributed by atoms with Crippen molar-refractivity contribution in [1.82, 2.24) is 0 Å². The summed E-state index contributed by atoms with van der Waals surface area (Å²) in [5.41, 5.74) is 2.56. The van der Waals surface area contributed by atoms with E-state index in [2.05, 4.69) is 10.2 Å². The fourth-order valence-corrected chi connectivity index (χ4v) is 3.16. The smallest absolute Gasteiger partial charge is 0.123 e. The molecule has 5 nitrogen and oxygen atoms in total. The molecule has 0 aliphatic heterocycles. The van der Waals surface area contributed by atoms with Crippen LogP contribution in [0, 0.1) is 6.92 Å². The molecule has 0 atom stereocenters. The monoisotopic (exact) mass is 401 g/mol. The van der Waals surface area contributed by atoms with Gasteiger partial charge < -0.3 is 15.1 Å². The number of halogens is 3. The Hall–Kier alpha value is -1.37. The zero-order valence-electron chi connectivity index (χ0n) is 13.6. The second-order valence-corrected chi connectivity index (χ2v) is 6.57. The quantitative estimate of drug-likeness (QED) is 0.628. The molecule has 25 heavy (non-hydrogen) atoms. The minimum Gasteiger partial charge on any atom is -0.395 e. The first-order valence-electron chi connectivity index (χ1n) is 7.60. The fraction of sp³-hybridized carbons (Fsp3) is 0.294. The average Bonchev–Trinajstić information content (AvgIpc) is 2.55. The highest BCUT2D eigenvalue weighted by molar-refractivity contribution is 6.38. The molecule has 2 rings (SSSR count). The van der Waals surface area contributed by atoms with Crippen LogP contribution in [0.5, 0.6) is 0 Å². The first-order chi connectivity index (χ1) is 12.0. The molecule has 2 N–H and O–H groups in total. The molecule has 0 aliphatic carbocycles. The molecule has 0 unspecified atom stereocenters. The summed E-state index contributed by atoms with van der Waals surface area (Å²) in [6.07, 6.45) is 0. The van der Waals surface area contributed by atoms with Crippen molar-refractivity contribution in [2.75, 3.05) is 31.2 Å². The Morgan fingerprint density at radius 1 is 0.880 bits per heavy atom. The van der Waals surface area contributed by atoms with E-state index in [0.29, 0.717) is 39.5 Å². The van der Waals surface area contributed by atoms with Crippen LogP contribution in [0.25, 0.3) is 0 Å². The highest BCUT2D eigenvalue weighted by atomic mass is 35.5. The topological polar surface area (TPSA) is 68.4 Å². The number of hydrogen-bond acceptors (Lipinski definition) is 5. The first kappa shape index (κ1) is 19.9. The van der Waals surface area contributed by atoms with Crippen LogP contribution in [0.15, 0.2) is 40.6 Å². The minimum absolute atomic E-state index is 0.0243. The van der Waals surface area contributed by atoms with Crippen molar-refractivity contribution in [1.29, 1.82) is 0 Å². The van der Waals surface area contributed by atoms with Crippen LogP contribution in [0.4, 0.5) is 17.1 Å². The van der Waals surface area contributed by atoms with E-state index >= 15 is 0 Å². The van der Waals surface area contributed by atoms with Crippen LogP contribution in [0.1, 0.15) is 5.56 Å². The summed E-state index contributed by atoms with van der Waals surface area (Å²) in [6, 6.07) is 8.73. The molecule has 8 heteroatoms. The van der Waals surface area contributed by atoms with Gasteiger partial charge in [-0.15, -0.1) is 10.2 Å². The van der Waals surface area contributed by atoms with Crippen molar-refractivity contribution >= 4 is 51.9 Å². The van der Waals surface area contributed by atoms with E-state index in [1.807, 2.05) is 11.8 Å². The Bertz CT molecular complexity index is 740. The van der Waals surface area contributed by atoms with Crippen molar-refractivity contribution in [3.8, 4) is 0 Å². The lowest BCUT2D eigenvalue weighted by atomic mass is 10.2. The van der Waals surface area contributed by atoms with Crippen molar-refractivity contribution < 1.29 is 10.2 Å². The summed E-state index contributed by atoms with van der Waals surface area (Å²) < 4.78 is 0. The fourth-order valence-electron chi connectivity index (χ4n) is 2.28. The molecule has 0 saturated heterocycles. The minimum atomic E-state index is -0.0243. The number of aliphatic hydroxyl groups excluding tert-OH is 2. The van der Waals surface area contributed by atoms with E-state index in [1.54, 1.807) is 30.3 Å². The molecular weight excluding hydrogens is 385 g/mol. The van der Waals surface area contributed by atoms with E-state index in [0.717, 1.165) is 11.3 Å². The standard InChI is InChI=1S/C17H18Cl3N3O2/c1-11-8-14(19)17(15(20)9-11)22-21-16-3-2-12(10-13(16)18)23(4-6-24)5-7-25/h2-3,8-10,24-25H,4-7H2,1H3. The van der Waals surface area contributed by atoms with Crippen molar-refractivity contribution in [3.05, 3.63) is 51.0 Å². The SMILES string of the molecule is Cc1cc(Cl)c(N=Nc2ccc(N(CCO)CCO)cc2Cl)c(Cl)c1. The number of benzene rings is 2. The Morgan fingerprint density at radius 3 is 2.00 bits per heavy atom. The Kier molecular flexibility index (Phi) is 7.47. The molecule has 2 aromatic rings. The lowest BCUT2D eigenvalue weighted by Gasteiger charge is -2.23. The van der Waals surface area contributed by atoms with Gasteiger partial charge in [-0.1, -0.05) is 34.8 Å². The largest absolute Gasteiger partial charge is 0.395 e. The van der Waals surface area contributed by atoms with E-state index in [9.17, 15) is 0 Å². The maximum atomic E-state index is 9.12. The molecule has 134 valence electrons. The van der Waals surface area contributed by atoms with Crippen LogP contribution < -0.4 is 4.90 Å². The third kappa shape index (κ3) is 5.30. The molecule has 0 radical (unpaired) electrons. The summed E-state index contributed by atoms with van der Waals surface area (Å²) >= 11 is 18.6. The maximum absolute atomic E-state index is 9.12. The van der Waals surface area contributed by atoms with E-state index in [-0.39, 0.29) is 13.2 Å². The Balaban J connectivity index is 2.27. The summed E-state index contributed by atoms with van der Waals surface area (Å²) in [4.78, 5) is 1.82. The number of hydrogen-bond donors (Lipinski definition) is 2. The molecule has 0 aromatic heterocycles. The summed E-state index contributed by atoms with van der Waals surface area (Å²) in [6.45, 7) is 2.63. The van der Waals surface area contributed by atoms with Crippen molar-refractivity contribution in [2.24, 2.45) is 10.2 Å². The predicted molar refractivity (Wildman–Crippen MR) is 103 cm³/mol. The second-order valence-electron chi connectivity index (χ2n) is 5.35. The van der Waals surface area contributed by atoms with E-state index in [4.69, 9.17) is 45.0 Å². The first-order valence-corrected chi connectivity index (χ1v) is 8.73. The molecule has 0 spiro atoms. The lowest BCUT2D eigenvalue weighted by Crippen LogP contribution is -2.29. The van der Waals surface area contributed by atoms with Gasteiger partial charge in [0.25, 0.3) is 0 Å². The number of nitrogens with zero attached hydrogens (tertiary/aromatic N) is 3. The third-order valence-electron chi connectivity index (χ3n) is 3.46. The van der Waals surface area contributed by atoms with E-state index < -0.39 is 0 Å². The molecule has 0 aliphatic rings. The number of anilines is 1. The molecular formula is C17H18Cl3N3O2. The summed E-state index contributed by atoms with van der Waals surface area (Å²) in [7, 11) is 0. The molecule has 0 amide bonds. The zero-order chi connectivity index (χ0) is 18.4. The number of rotatable bonds is 7. The lowest BCUT2D eigenvalue weighted by molar-refractivity contribution is 0.281. The van der Waals surface area contributed by atoms with Gasteiger partial charge in [0.2, 0.25) is 0 Å². The van der Waals surface area contributed by atoms with Crippen molar-refractivity contribution in [2.45, 2.75) is 6.92 Å². The summed E-state index contributed by atoms with van der Waals surface area (Å²) in [5.74, 6) is 0. The van der Waals surface area contributed by atoms with Gasteiger partial charge in [-0.05, 0) is 42.8 Å². The van der Waals surface area contributed by atoms with E-state index in [1.165, 1.54) is 0 Å². The van der Waals surface area contributed by atoms with Crippen LogP contribution in [0.3, 0.4) is 0 Å². The highest BCUT2D eigenvalue weighted by Gasteiger charge is 2.10. The molecule has 2 aromatic carbocycles. The average molecular weight is 403 g/mol. The Morgan fingerprint density at radius 2 is 1.48 bits per heavy atom. The third-order valence-corrected chi connectivity index (χ3v) is 4.33. The Labute approximate surface area is 161 Å². The van der Waals surface area contributed by atoms with Gasteiger partial charge in [0.1, 0.15) is 11.4 Å². The van der Waals surface area contributed by atoms with Crippen LogP contribution in [-0.2, 0) is 0 Å². The molecule has 0 saturated carbocycles. The van der Waals surface area contributed by atoms with Gasteiger partial charge in [0, 0.05) is 18.8 Å². The number of azo groups is 1. The van der Waals surface area contributed by atoms with Gasteiger partial charge in [-0.3, -0.25) is 0 Å². The van der Waals surface area contributed by atoms with Crippen LogP contribution in [0.2, 0.25) is 15.1 Å². The summed E-state index contributed by atoms with van der Waals surface area (Å²) in [5, 5.41) is 27.7. The van der Waals surface area contributed by atoms with Gasteiger partial charge in [0.05, 0.1) is 28.3 Å². The van der Waals surface area contributed by atoms with Crippen LogP contribution in [-0.4, -0.2) is 36.5 Å². The van der Waals surface area contributed by atoms with Gasteiger partial charge in [-0.2, -0.15) is 0 Å². The van der Waals surface area contributed by atoms with Gasteiger partial charge in [0.15, 0.2) is 0 Å². The van der Waals surface area contributed by atoms with Crippen molar-refractivity contribution in [3.63, 3.8) is 0 Å². The highest BCUT2D eigenvalue weighted by Crippen LogP contribution is 2.37. The van der Waals surface area contributed by atoms with Gasteiger partial charge >= 0.3 is 0 Å². The second kappa shape index (κ2) is 9.36. The zero-order valence-corrected chi connectivity index (χ0v) is 15.9. The maximum Gasteiger partial charge on any atom is 0.123 e. The van der Waals surface area contributed by atoms with Crippen LogP contribution >= 0.6 is 34.8 Å².